The van der Waals surface area contributed by atoms with Crippen molar-refractivity contribution in [3.8, 4) is 0 Å². The van der Waals surface area contributed by atoms with Crippen molar-refractivity contribution in [3.63, 3.8) is 0 Å². The average Bonchev–Trinajstić information content (AvgIpc) is 2.73. The highest BCUT2D eigenvalue weighted by Gasteiger charge is 2.13. The van der Waals surface area contributed by atoms with E-state index in [1.165, 1.54) is 0 Å². The molecule has 0 aliphatic carbocycles. The van der Waals surface area contributed by atoms with Crippen LogP contribution in [0, 0.1) is 0 Å². The number of hydrogen-bond acceptors (Lipinski definition) is 4. The smallest absolute Gasteiger partial charge is 0.407 e. The van der Waals surface area contributed by atoms with Crippen molar-refractivity contribution in [2.24, 2.45) is 0 Å². The number of amides is 1. The van der Waals surface area contributed by atoms with Crippen molar-refractivity contribution in [1.82, 2.24) is 10.6 Å². The number of rotatable bonds is 4. The normalized spacial score (nSPS) is 19.5. The second-order valence-corrected chi connectivity index (χ2v) is 4.47. The van der Waals surface area contributed by atoms with Crippen molar-refractivity contribution < 1.29 is 14.3 Å². The molecule has 2 N–H and O–H groups in total. The molecule has 1 aromatic rings. The molecule has 0 bridgehead atoms. The van der Waals surface area contributed by atoms with Crippen LogP contribution in [0.25, 0.3) is 0 Å². The molecule has 5 nitrogen and oxygen atoms in total. The molecule has 1 heterocycles. The van der Waals surface area contributed by atoms with Crippen LogP contribution in [-0.4, -0.2) is 38.4 Å². The standard InChI is InChI=1S/C14H20N2O3/c17-14(19-11-12-4-2-1-3-5-12)16-10-13-6-7-15-8-9-18-13/h1-5,13,15H,6-11H2,(H,16,17). The van der Waals surface area contributed by atoms with Crippen molar-refractivity contribution in [2.75, 3.05) is 26.2 Å². The number of benzene rings is 1. The van der Waals surface area contributed by atoms with E-state index in [9.17, 15) is 4.79 Å². The van der Waals surface area contributed by atoms with Gasteiger partial charge in [-0.2, -0.15) is 0 Å². The van der Waals surface area contributed by atoms with Crippen LogP contribution in [0.5, 0.6) is 0 Å². The molecule has 1 fully saturated rings. The van der Waals surface area contributed by atoms with Crippen LogP contribution < -0.4 is 10.6 Å². The highest BCUT2D eigenvalue weighted by Crippen LogP contribution is 2.02. The van der Waals surface area contributed by atoms with Crippen molar-refractivity contribution in [1.29, 1.82) is 0 Å². The average molecular weight is 264 g/mol. The van der Waals surface area contributed by atoms with Crippen LogP contribution in [0.15, 0.2) is 30.3 Å². The Balaban J connectivity index is 1.64. The van der Waals surface area contributed by atoms with Crippen molar-refractivity contribution in [3.05, 3.63) is 35.9 Å². The third-order valence-corrected chi connectivity index (χ3v) is 2.96. The first kappa shape index (κ1) is 13.8. The van der Waals surface area contributed by atoms with E-state index in [0.29, 0.717) is 19.8 Å². The lowest BCUT2D eigenvalue weighted by Crippen LogP contribution is -2.34. The largest absolute Gasteiger partial charge is 0.445 e. The first-order valence-corrected chi connectivity index (χ1v) is 6.61. The summed E-state index contributed by atoms with van der Waals surface area (Å²) in [6.07, 6.45) is 0.572. The Morgan fingerprint density at radius 2 is 2.21 bits per heavy atom. The fourth-order valence-electron chi connectivity index (χ4n) is 1.90. The lowest BCUT2D eigenvalue weighted by molar-refractivity contribution is 0.0614. The third-order valence-electron chi connectivity index (χ3n) is 2.96. The number of carbonyl (C=O) groups excluding carboxylic acids is 1. The SMILES string of the molecule is O=C(NCC1CCNCCO1)OCc1ccccc1. The topological polar surface area (TPSA) is 59.6 Å². The maximum Gasteiger partial charge on any atom is 0.407 e. The molecule has 1 aromatic carbocycles. The zero-order valence-corrected chi connectivity index (χ0v) is 10.9. The highest BCUT2D eigenvalue weighted by atomic mass is 16.5. The minimum atomic E-state index is -0.398. The van der Waals surface area contributed by atoms with E-state index < -0.39 is 6.09 Å². The lowest BCUT2D eigenvalue weighted by Gasteiger charge is -2.15. The van der Waals surface area contributed by atoms with E-state index in [1.54, 1.807) is 0 Å². The fraction of sp³-hybridized carbons (Fsp3) is 0.500. The summed E-state index contributed by atoms with van der Waals surface area (Å²) in [5, 5.41) is 5.98. The van der Waals surface area contributed by atoms with Crippen LogP contribution in [0.4, 0.5) is 4.79 Å². The van der Waals surface area contributed by atoms with Crippen LogP contribution in [0.3, 0.4) is 0 Å². The molecule has 0 aromatic heterocycles. The Bertz CT molecular complexity index is 376. The summed E-state index contributed by atoms with van der Waals surface area (Å²) < 4.78 is 10.7. The summed E-state index contributed by atoms with van der Waals surface area (Å²) in [4.78, 5) is 11.5. The molecular formula is C14H20N2O3. The van der Waals surface area contributed by atoms with Gasteiger partial charge in [-0.05, 0) is 18.5 Å². The second-order valence-electron chi connectivity index (χ2n) is 4.47. The molecule has 19 heavy (non-hydrogen) atoms. The number of nitrogens with one attached hydrogen (secondary N) is 2. The van der Waals surface area contributed by atoms with Gasteiger partial charge in [-0.15, -0.1) is 0 Å². The molecule has 1 atom stereocenters. The van der Waals surface area contributed by atoms with Gasteiger partial charge in [-0.25, -0.2) is 4.79 Å². The Morgan fingerprint density at radius 3 is 3.05 bits per heavy atom. The Labute approximate surface area is 113 Å². The van der Waals surface area contributed by atoms with Crippen LogP contribution >= 0.6 is 0 Å². The molecule has 5 heteroatoms. The first-order chi connectivity index (χ1) is 9.34. The van der Waals surface area contributed by atoms with Crippen molar-refractivity contribution in [2.45, 2.75) is 19.1 Å². The van der Waals surface area contributed by atoms with Gasteiger partial charge in [-0.1, -0.05) is 30.3 Å². The van der Waals surface area contributed by atoms with Gasteiger partial charge < -0.3 is 20.1 Å². The van der Waals surface area contributed by atoms with Gasteiger partial charge >= 0.3 is 6.09 Å². The van der Waals surface area contributed by atoms with E-state index in [4.69, 9.17) is 9.47 Å². The van der Waals surface area contributed by atoms with Crippen molar-refractivity contribution >= 4 is 6.09 Å². The molecule has 1 saturated heterocycles. The maximum atomic E-state index is 11.5. The van der Waals surface area contributed by atoms with E-state index in [-0.39, 0.29) is 6.10 Å². The van der Waals surface area contributed by atoms with E-state index in [0.717, 1.165) is 25.1 Å². The van der Waals surface area contributed by atoms with Crippen LogP contribution in [-0.2, 0) is 16.1 Å². The number of hydrogen-bond donors (Lipinski definition) is 2. The molecular weight excluding hydrogens is 244 g/mol. The molecule has 0 saturated carbocycles. The third kappa shape index (κ3) is 5.28. The Hall–Kier alpha value is -1.59. The summed E-state index contributed by atoms with van der Waals surface area (Å²) in [5.74, 6) is 0. The predicted octanol–water partition coefficient (Wildman–Crippen LogP) is 1.29. The first-order valence-electron chi connectivity index (χ1n) is 6.61. The van der Waals surface area contributed by atoms with Crippen LogP contribution in [0.2, 0.25) is 0 Å². The minimum Gasteiger partial charge on any atom is -0.445 e. The molecule has 0 spiro atoms. The van der Waals surface area contributed by atoms with E-state index >= 15 is 0 Å². The fourth-order valence-corrected chi connectivity index (χ4v) is 1.90. The molecule has 1 amide bonds. The maximum absolute atomic E-state index is 11.5. The molecule has 2 rings (SSSR count). The van der Waals surface area contributed by atoms with Gasteiger partial charge in [0.05, 0.1) is 12.7 Å². The lowest BCUT2D eigenvalue weighted by atomic mass is 10.2. The summed E-state index contributed by atoms with van der Waals surface area (Å²) >= 11 is 0. The summed E-state index contributed by atoms with van der Waals surface area (Å²) in [7, 11) is 0. The molecule has 1 aliphatic heterocycles. The highest BCUT2D eigenvalue weighted by molar-refractivity contribution is 5.67. The number of ether oxygens (including phenoxy) is 2. The zero-order chi connectivity index (χ0) is 13.3. The predicted molar refractivity (Wildman–Crippen MR) is 71.9 cm³/mol. The number of carbonyl (C=O) groups is 1. The molecule has 1 unspecified atom stereocenters. The van der Waals surface area contributed by atoms with E-state index in [2.05, 4.69) is 10.6 Å². The minimum absolute atomic E-state index is 0.0688. The molecule has 1 aliphatic rings. The van der Waals surface area contributed by atoms with Gasteiger partial charge in [0, 0.05) is 13.1 Å². The monoisotopic (exact) mass is 264 g/mol. The summed E-state index contributed by atoms with van der Waals surface area (Å²) in [6.45, 7) is 3.26. The Kier molecular flexibility index (Phi) is 5.65. The Morgan fingerprint density at radius 1 is 1.37 bits per heavy atom. The van der Waals surface area contributed by atoms with Crippen LogP contribution in [0.1, 0.15) is 12.0 Å². The van der Waals surface area contributed by atoms with E-state index in [1.807, 2.05) is 30.3 Å². The van der Waals surface area contributed by atoms with Gasteiger partial charge in [0.25, 0.3) is 0 Å². The second kappa shape index (κ2) is 7.76. The van der Waals surface area contributed by atoms with Gasteiger partial charge in [0.2, 0.25) is 0 Å². The quantitative estimate of drug-likeness (QED) is 0.860. The van der Waals surface area contributed by atoms with Gasteiger partial charge in [0.1, 0.15) is 6.61 Å². The van der Waals surface area contributed by atoms with Gasteiger partial charge in [0.15, 0.2) is 0 Å². The summed E-state index contributed by atoms with van der Waals surface area (Å²) in [5.41, 5.74) is 0.979. The molecule has 0 radical (unpaired) electrons. The number of alkyl carbamates (subject to hydrolysis) is 1. The molecule has 104 valence electrons. The zero-order valence-electron chi connectivity index (χ0n) is 10.9. The van der Waals surface area contributed by atoms with Gasteiger partial charge in [-0.3, -0.25) is 0 Å². The summed E-state index contributed by atoms with van der Waals surface area (Å²) in [6, 6.07) is 9.62.